The Kier molecular flexibility index (Phi) is 8.60. The summed E-state index contributed by atoms with van der Waals surface area (Å²) in [5, 5.41) is 4.45. The highest BCUT2D eigenvalue weighted by Crippen LogP contribution is 2.28. The van der Waals surface area contributed by atoms with Crippen molar-refractivity contribution in [2.75, 3.05) is 18.1 Å². The Labute approximate surface area is 127 Å². The molecule has 1 rings (SSSR count). The van der Waals surface area contributed by atoms with Gasteiger partial charge in [0.25, 0.3) is 0 Å². The Morgan fingerprint density at radius 1 is 1.26 bits per heavy atom. The van der Waals surface area contributed by atoms with E-state index >= 15 is 0 Å². The molecular formula is C16H26ClNS. The third-order valence-electron chi connectivity index (χ3n) is 3.16. The monoisotopic (exact) mass is 299 g/mol. The summed E-state index contributed by atoms with van der Waals surface area (Å²) in [6, 6.07) is 8.79. The van der Waals surface area contributed by atoms with Crippen molar-refractivity contribution >= 4 is 23.4 Å². The van der Waals surface area contributed by atoms with Crippen LogP contribution in [0.15, 0.2) is 24.3 Å². The van der Waals surface area contributed by atoms with Crippen LogP contribution in [0.4, 0.5) is 0 Å². The van der Waals surface area contributed by atoms with Gasteiger partial charge in [-0.25, -0.2) is 0 Å². The molecule has 0 heterocycles. The minimum absolute atomic E-state index is 0.522. The summed E-state index contributed by atoms with van der Waals surface area (Å²) in [5.74, 6) is 2.98. The third-order valence-corrected chi connectivity index (χ3v) is 4.49. The Hall–Kier alpha value is -0.180. The Balaban J connectivity index is 2.60. The van der Waals surface area contributed by atoms with E-state index in [1.165, 1.54) is 29.9 Å². The van der Waals surface area contributed by atoms with Gasteiger partial charge in [-0.2, -0.15) is 11.8 Å². The van der Waals surface area contributed by atoms with Crippen molar-refractivity contribution in [1.82, 2.24) is 5.32 Å². The van der Waals surface area contributed by atoms with E-state index in [-0.39, 0.29) is 0 Å². The van der Waals surface area contributed by atoms with Gasteiger partial charge in [0.1, 0.15) is 0 Å². The molecule has 1 aromatic carbocycles. The minimum atomic E-state index is 0.522. The second kappa shape index (κ2) is 9.68. The van der Waals surface area contributed by atoms with Crippen LogP contribution in [0, 0.1) is 0 Å². The fraction of sp³-hybridized carbons (Fsp3) is 0.625. The van der Waals surface area contributed by atoms with Crippen molar-refractivity contribution in [3.63, 3.8) is 0 Å². The molecule has 0 spiro atoms. The Bertz CT molecular complexity index is 354. The smallest absolute Gasteiger partial charge is 0.0441 e. The van der Waals surface area contributed by atoms with Crippen molar-refractivity contribution in [3.05, 3.63) is 34.9 Å². The molecule has 1 N–H and O–H groups in total. The van der Waals surface area contributed by atoms with Gasteiger partial charge in [-0.15, -0.1) is 0 Å². The van der Waals surface area contributed by atoms with Gasteiger partial charge < -0.3 is 5.32 Å². The largest absolute Gasteiger partial charge is 0.314 e. The molecule has 19 heavy (non-hydrogen) atoms. The molecule has 0 aliphatic heterocycles. The van der Waals surface area contributed by atoms with Crippen LogP contribution in [0.1, 0.15) is 45.1 Å². The number of rotatable bonds is 9. The van der Waals surface area contributed by atoms with Crippen LogP contribution in [-0.4, -0.2) is 24.1 Å². The van der Waals surface area contributed by atoms with Crippen molar-refractivity contribution in [2.45, 2.75) is 45.6 Å². The van der Waals surface area contributed by atoms with Gasteiger partial charge in [0, 0.05) is 17.6 Å². The average molecular weight is 300 g/mol. The first-order chi connectivity index (χ1) is 9.15. The third kappa shape index (κ3) is 6.69. The molecule has 0 amide bonds. The maximum absolute atomic E-state index is 6.34. The van der Waals surface area contributed by atoms with Crippen molar-refractivity contribution in [2.24, 2.45) is 0 Å². The fourth-order valence-electron chi connectivity index (χ4n) is 2.13. The zero-order chi connectivity index (χ0) is 14.1. The van der Waals surface area contributed by atoms with Crippen LogP contribution < -0.4 is 5.32 Å². The predicted octanol–water partition coefficient (Wildman–Crippen LogP) is 4.95. The zero-order valence-corrected chi connectivity index (χ0v) is 13.9. The molecule has 0 aliphatic carbocycles. The zero-order valence-electron chi connectivity index (χ0n) is 12.3. The van der Waals surface area contributed by atoms with Gasteiger partial charge in [0.05, 0.1) is 0 Å². The van der Waals surface area contributed by atoms with Crippen LogP contribution in [0.2, 0.25) is 5.02 Å². The lowest BCUT2D eigenvalue weighted by molar-refractivity contribution is 0.506. The van der Waals surface area contributed by atoms with Crippen LogP contribution in [0.25, 0.3) is 0 Å². The standard InChI is InChI=1S/C16H26ClNS/c1-4-19-11-7-8-14(12-18-13(2)3)15-9-5-6-10-16(15)17/h5-6,9-10,13-14,18H,4,7-8,11-12H2,1-3H3. The van der Waals surface area contributed by atoms with Crippen molar-refractivity contribution < 1.29 is 0 Å². The molecule has 1 aromatic rings. The summed E-state index contributed by atoms with van der Waals surface area (Å²) < 4.78 is 0. The molecule has 3 heteroatoms. The fourth-order valence-corrected chi connectivity index (χ4v) is 3.08. The number of hydrogen-bond acceptors (Lipinski definition) is 2. The van der Waals surface area contributed by atoms with E-state index in [2.05, 4.69) is 38.2 Å². The average Bonchev–Trinajstić information content (AvgIpc) is 2.39. The summed E-state index contributed by atoms with van der Waals surface area (Å²) in [6.45, 7) is 7.61. The maximum Gasteiger partial charge on any atom is 0.0441 e. The van der Waals surface area contributed by atoms with Crippen LogP contribution in [-0.2, 0) is 0 Å². The Morgan fingerprint density at radius 2 is 2.00 bits per heavy atom. The predicted molar refractivity (Wildman–Crippen MR) is 89.6 cm³/mol. The number of benzene rings is 1. The molecule has 0 bridgehead atoms. The van der Waals surface area contributed by atoms with Gasteiger partial charge >= 0.3 is 0 Å². The van der Waals surface area contributed by atoms with E-state index in [4.69, 9.17) is 11.6 Å². The topological polar surface area (TPSA) is 12.0 Å². The van der Waals surface area contributed by atoms with E-state index in [0.717, 1.165) is 11.6 Å². The first-order valence-corrected chi connectivity index (χ1v) is 8.74. The highest BCUT2D eigenvalue weighted by atomic mass is 35.5. The van der Waals surface area contributed by atoms with Crippen molar-refractivity contribution in [3.8, 4) is 0 Å². The van der Waals surface area contributed by atoms with Crippen LogP contribution in [0.3, 0.4) is 0 Å². The first-order valence-electron chi connectivity index (χ1n) is 7.20. The first kappa shape index (κ1) is 16.9. The highest BCUT2D eigenvalue weighted by Gasteiger charge is 2.14. The van der Waals surface area contributed by atoms with Gasteiger partial charge in [0.2, 0.25) is 0 Å². The molecular weight excluding hydrogens is 274 g/mol. The SMILES string of the molecule is CCSCCCC(CNC(C)C)c1ccccc1Cl. The lowest BCUT2D eigenvalue weighted by Crippen LogP contribution is -2.28. The number of thioether (sulfide) groups is 1. The molecule has 0 aliphatic rings. The van der Waals surface area contributed by atoms with Gasteiger partial charge in [-0.05, 0) is 41.9 Å². The maximum atomic E-state index is 6.34. The van der Waals surface area contributed by atoms with Gasteiger partial charge in [-0.3, -0.25) is 0 Å². The minimum Gasteiger partial charge on any atom is -0.314 e. The molecule has 1 atom stereocenters. The number of nitrogens with one attached hydrogen (secondary N) is 1. The summed E-state index contributed by atoms with van der Waals surface area (Å²) in [6.07, 6.45) is 2.46. The number of hydrogen-bond donors (Lipinski definition) is 1. The van der Waals surface area contributed by atoms with E-state index < -0.39 is 0 Å². The van der Waals surface area contributed by atoms with E-state index in [1.807, 2.05) is 23.9 Å². The van der Waals surface area contributed by atoms with E-state index in [0.29, 0.717) is 12.0 Å². The molecule has 108 valence electrons. The molecule has 0 radical (unpaired) electrons. The van der Waals surface area contributed by atoms with Gasteiger partial charge in [-0.1, -0.05) is 50.6 Å². The molecule has 0 saturated heterocycles. The van der Waals surface area contributed by atoms with E-state index in [9.17, 15) is 0 Å². The Morgan fingerprint density at radius 3 is 2.63 bits per heavy atom. The van der Waals surface area contributed by atoms with Gasteiger partial charge in [0.15, 0.2) is 0 Å². The number of halogens is 1. The lowest BCUT2D eigenvalue weighted by atomic mass is 9.94. The second-order valence-electron chi connectivity index (χ2n) is 5.12. The molecule has 1 unspecified atom stereocenters. The molecule has 0 fully saturated rings. The molecule has 0 saturated carbocycles. The summed E-state index contributed by atoms with van der Waals surface area (Å²) in [7, 11) is 0. The summed E-state index contributed by atoms with van der Waals surface area (Å²) >= 11 is 8.36. The summed E-state index contributed by atoms with van der Waals surface area (Å²) in [5.41, 5.74) is 1.29. The second-order valence-corrected chi connectivity index (χ2v) is 6.92. The molecule has 1 nitrogen and oxygen atoms in total. The van der Waals surface area contributed by atoms with Crippen LogP contribution in [0.5, 0.6) is 0 Å². The van der Waals surface area contributed by atoms with Crippen molar-refractivity contribution in [1.29, 1.82) is 0 Å². The van der Waals surface area contributed by atoms with E-state index in [1.54, 1.807) is 0 Å². The lowest BCUT2D eigenvalue weighted by Gasteiger charge is -2.20. The highest BCUT2D eigenvalue weighted by molar-refractivity contribution is 7.99. The molecule has 0 aromatic heterocycles. The summed E-state index contributed by atoms with van der Waals surface area (Å²) in [4.78, 5) is 0. The quantitative estimate of drug-likeness (QED) is 0.647. The van der Waals surface area contributed by atoms with Crippen LogP contribution >= 0.6 is 23.4 Å². The normalized spacial score (nSPS) is 12.9.